The van der Waals surface area contributed by atoms with E-state index in [1.807, 2.05) is 0 Å². The Morgan fingerprint density at radius 3 is 2.63 bits per heavy atom. The molecule has 5 rings (SSSR count). The summed E-state index contributed by atoms with van der Waals surface area (Å²) in [5, 5.41) is 17.7. The number of halogens is 3. The van der Waals surface area contributed by atoms with Gasteiger partial charge in [-0.2, -0.15) is 13.2 Å². The van der Waals surface area contributed by atoms with Crippen molar-refractivity contribution in [3.8, 4) is 28.5 Å². The van der Waals surface area contributed by atoms with Crippen LogP contribution in [0.25, 0.3) is 22.6 Å². The molecular weight excluding hydrogens is 481 g/mol. The number of para-hydroxylation sites is 1. The van der Waals surface area contributed by atoms with Gasteiger partial charge in [0, 0.05) is 17.6 Å². The van der Waals surface area contributed by atoms with E-state index in [1.165, 1.54) is 46.5 Å². The molecule has 2 aromatic heterocycles. The second-order valence-electron chi connectivity index (χ2n) is 7.76. The molecule has 4 aromatic rings. The number of rotatable bonds is 3. The molecule has 35 heavy (non-hydrogen) atoms. The third-order valence-electron chi connectivity index (χ3n) is 5.59. The number of benzene rings is 2. The first-order valence-corrected chi connectivity index (χ1v) is 11.6. The van der Waals surface area contributed by atoms with Crippen LogP contribution in [0.5, 0.6) is 5.88 Å². The number of fused-ring (bicyclic) bond motifs is 3. The van der Waals surface area contributed by atoms with E-state index in [0.717, 1.165) is 12.1 Å². The second-order valence-corrected chi connectivity index (χ2v) is 8.53. The molecule has 0 bridgehead atoms. The fraction of sp³-hybridized carbons (Fsp3) is 0.167. The number of thioether (sulfide) groups is 1. The fourth-order valence-electron chi connectivity index (χ4n) is 4.11. The van der Waals surface area contributed by atoms with Gasteiger partial charge in [-0.1, -0.05) is 36.0 Å². The van der Waals surface area contributed by atoms with Crippen LogP contribution in [0.15, 0.2) is 70.2 Å². The van der Waals surface area contributed by atoms with Crippen molar-refractivity contribution < 1.29 is 32.2 Å². The van der Waals surface area contributed by atoms with Crippen molar-refractivity contribution in [2.45, 2.75) is 24.4 Å². The summed E-state index contributed by atoms with van der Waals surface area (Å²) in [5.74, 6) is -0.459. The highest BCUT2D eigenvalue weighted by molar-refractivity contribution is 7.98. The molecule has 1 atom stereocenters. The molecular formula is C24H17F3N4O3S. The van der Waals surface area contributed by atoms with Crippen molar-refractivity contribution in [1.29, 1.82) is 0 Å². The van der Waals surface area contributed by atoms with Crippen LogP contribution in [-0.2, 0) is 11.0 Å². The van der Waals surface area contributed by atoms with Gasteiger partial charge in [0.2, 0.25) is 5.91 Å². The lowest BCUT2D eigenvalue weighted by molar-refractivity contribution is -0.765. The summed E-state index contributed by atoms with van der Waals surface area (Å²) in [5.41, 5.74) is 0.552. The van der Waals surface area contributed by atoms with E-state index < -0.39 is 23.8 Å². The van der Waals surface area contributed by atoms with Gasteiger partial charge in [0.1, 0.15) is 5.76 Å². The second kappa shape index (κ2) is 8.42. The van der Waals surface area contributed by atoms with Gasteiger partial charge in [-0.05, 0) is 47.3 Å². The lowest BCUT2D eigenvalue weighted by Gasteiger charge is -2.31. The Morgan fingerprint density at radius 2 is 1.91 bits per heavy atom. The molecule has 0 spiro atoms. The van der Waals surface area contributed by atoms with Crippen molar-refractivity contribution in [3.05, 3.63) is 72.0 Å². The summed E-state index contributed by atoms with van der Waals surface area (Å²) in [6.45, 7) is 1.38. The number of anilines is 1. The highest BCUT2D eigenvalue weighted by atomic mass is 32.2. The molecule has 11 heteroatoms. The monoisotopic (exact) mass is 498 g/mol. The van der Waals surface area contributed by atoms with E-state index in [9.17, 15) is 23.1 Å². The third kappa shape index (κ3) is 3.91. The first-order chi connectivity index (χ1) is 16.7. The van der Waals surface area contributed by atoms with Gasteiger partial charge < -0.3 is 9.52 Å². The Bertz CT molecular complexity index is 1450. The van der Waals surface area contributed by atoms with Crippen LogP contribution in [0.1, 0.15) is 24.4 Å². The summed E-state index contributed by atoms with van der Waals surface area (Å²) in [4.78, 5) is 18.3. The number of amides is 1. The Hall–Kier alpha value is -3.86. The molecule has 0 saturated heterocycles. The van der Waals surface area contributed by atoms with E-state index in [4.69, 9.17) is 4.42 Å². The number of aromatic nitrogens is 3. The third-order valence-corrected chi connectivity index (χ3v) is 6.13. The van der Waals surface area contributed by atoms with Gasteiger partial charge in [-0.15, -0.1) is 0 Å². The molecule has 0 radical (unpaired) electrons. The minimum absolute atomic E-state index is 0.178. The quantitative estimate of drug-likeness (QED) is 0.307. The van der Waals surface area contributed by atoms with Gasteiger partial charge in [-0.25, -0.2) is 9.88 Å². The van der Waals surface area contributed by atoms with Crippen molar-refractivity contribution in [1.82, 2.24) is 10.1 Å². The Morgan fingerprint density at radius 1 is 1.14 bits per heavy atom. The number of carbonyl (C=O) groups excluding carboxylic acids is 1. The number of carbonyl (C=O) groups is 1. The zero-order valence-electron chi connectivity index (χ0n) is 18.4. The number of alkyl halides is 3. The van der Waals surface area contributed by atoms with Gasteiger partial charge in [0.25, 0.3) is 10.9 Å². The van der Waals surface area contributed by atoms with Gasteiger partial charge in [0.05, 0.1) is 22.7 Å². The normalized spacial score (nSPS) is 15.0. The predicted octanol–water partition coefficient (Wildman–Crippen LogP) is 4.42. The van der Waals surface area contributed by atoms with Crippen LogP contribution in [0.3, 0.4) is 0 Å². The highest BCUT2D eigenvalue weighted by Crippen LogP contribution is 2.42. The molecule has 3 heterocycles. The van der Waals surface area contributed by atoms with E-state index >= 15 is 0 Å². The summed E-state index contributed by atoms with van der Waals surface area (Å²) in [6.07, 6.45) is -3.78. The van der Waals surface area contributed by atoms with Gasteiger partial charge in [-0.3, -0.25) is 4.79 Å². The smallest absolute Gasteiger partial charge is 0.416 e. The fourth-order valence-corrected chi connectivity index (χ4v) is 4.46. The molecule has 0 N–H and O–H groups in total. The average Bonchev–Trinajstić information content (AvgIpc) is 3.32. The van der Waals surface area contributed by atoms with Gasteiger partial charge in [0.15, 0.2) is 5.76 Å². The molecule has 7 nitrogen and oxygen atoms in total. The maximum absolute atomic E-state index is 13.2. The van der Waals surface area contributed by atoms with Crippen molar-refractivity contribution in [2.75, 3.05) is 11.2 Å². The molecule has 0 aliphatic carbocycles. The van der Waals surface area contributed by atoms with Crippen LogP contribution in [-0.4, -0.2) is 22.2 Å². The molecule has 2 aromatic carbocycles. The van der Waals surface area contributed by atoms with Crippen molar-refractivity contribution >= 4 is 23.4 Å². The summed E-state index contributed by atoms with van der Waals surface area (Å²) < 4.78 is 47.0. The predicted molar refractivity (Wildman–Crippen MR) is 119 cm³/mol. The number of nitrogens with zero attached hydrogens (tertiary/aromatic N) is 4. The van der Waals surface area contributed by atoms with Gasteiger partial charge >= 0.3 is 12.3 Å². The summed E-state index contributed by atoms with van der Waals surface area (Å²) in [6, 6.07) is 14.7. The maximum Gasteiger partial charge on any atom is 0.416 e. The lowest BCUT2D eigenvalue weighted by Crippen LogP contribution is -2.58. The van der Waals surface area contributed by atoms with Crippen LogP contribution < -0.4 is 14.7 Å². The highest BCUT2D eigenvalue weighted by Gasteiger charge is 2.45. The summed E-state index contributed by atoms with van der Waals surface area (Å²) in [7, 11) is 0. The van der Waals surface area contributed by atoms with Crippen LogP contribution in [0, 0.1) is 0 Å². The molecule has 0 fully saturated rings. The molecule has 1 aliphatic heterocycles. The Kier molecular flexibility index (Phi) is 5.51. The Labute approximate surface area is 201 Å². The molecule has 1 unspecified atom stereocenters. The van der Waals surface area contributed by atoms with E-state index in [0.29, 0.717) is 11.3 Å². The van der Waals surface area contributed by atoms with Crippen molar-refractivity contribution in [3.63, 3.8) is 0 Å². The van der Waals surface area contributed by atoms with E-state index in [1.54, 1.807) is 36.6 Å². The summed E-state index contributed by atoms with van der Waals surface area (Å²) >= 11 is 1.17. The molecule has 0 saturated carbocycles. The van der Waals surface area contributed by atoms with Crippen molar-refractivity contribution in [2.24, 2.45) is 0 Å². The maximum atomic E-state index is 13.2. The Balaban J connectivity index is 1.70. The SMILES string of the molecule is CSc1nc([O-])c2[n+](n1)C(c1ccc(-c3cccc(C(F)(F)F)c3)o1)N(C(C)=O)c1ccccc1-2. The first-order valence-electron chi connectivity index (χ1n) is 10.4. The first kappa shape index (κ1) is 22.9. The van der Waals surface area contributed by atoms with E-state index in [2.05, 4.69) is 10.1 Å². The minimum atomic E-state index is -4.51. The minimum Gasteiger partial charge on any atom is -0.854 e. The molecule has 1 amide bonds. The molecule has 1 aliphatic rings. The number of furan rings is 1. The standard InChI is InChI=1S/C24H17F3N4O3S/c1-13(32)30-17-9-4-3-8-16(17)20-21(33)28-23(35-2)29-31(20)22(30)19-11-10-18(34-19)14-6-5-7-15(12-14)24(25,26)27/h3-12,22H,1-2H3. The topological polar surface area (TPSA) is 86.2 Å². The largest absolute Gasteiger partial charge is 0.854 e. The van der Waals surface area contributed by atoms with E-state index in [-0.39, 0.29) is 33.8 Å². The average molecular weight is 498 g/mol. The van der Waals surface area contributed by atoms with Crippen LogP contribution in [0.2, 0.25) is 0 Å². The van der Waals surface area contributed by atoms with Crippen LogP contribution in [0.4, 0.5) is 18.9 Å². The number of hydrogen-bond acceptors (Lipinski definition) is 6. The molecule has 178 valence electrons. The lowest BCUT2D eigenvalue weighted by atomic mass is 10.0. The number of hydrogen-bond donors (Lipinski definition) is 0. The van der Waals surface area contributed by atoms with Crippen LogP contribution >= 0.6 is 11.8 Å². The zero-order valence-corrected chi connectivity index (χ0v) is 19.2. The zero-order chi connectivity index (χ0) is 24.9.